The van der Waals surface area contributed by atoms with Gasteiger partial charge in [-0.05, 0) is 36.2 Å². The van der Waals surface area contributed by atoms with Gasteiger partial charge in [0.1, 0.15) is 30.0 Å². The minimum absolute atomic E-state index is 0.259. The van der Waals surface area contributed by atoms with E-state index in [1.165, 1.54) is 4.90 Å². The van der Waals surface area contributed by atoms with Crippen LogP contribution in [-0.2, 0) is 17.7 Å². The van der Waals surface area contributed by atoms with Gasteiger partial charge in [-0.1, -0.05) is 18.2 Å². The van der Waals surface area contributed by atoms with Gasteiger partial charge in [-0.2, -0.15) is 0 Å². The van der Waals surface area contributed by atoms with Gasteiger partial charge >= 0.3 is 0 Å². The van der Waals surface area contributed by atoms with Gasteiger partial charge in [-0.3, -0.25) is 4.79 Å². The van der Waals surface area contributed by atoms with E-state index in [-0.39, 0.29) is 5.91 Å². The maximum atomic E-state index is 13.4. The van der Waals surface area contributed by atoms with Gasteiger partial charge in [0.05, 0.1) is 51.6 Å². The number of para-hydroxylation sites is 2. The Morgan fingerprint density at radius 3 is 2.54 bits per heavy atom. The number of nitrogens with two attached hydrogens (primary N) is 1. The summed E-state index contributed by atoms with van der Waals surface area (Å²) in [6.45, 7) is 5.37. The number of amides is 1. The lowest BCUT2D eigenvalue weighted by Gasteiger charge is -2.24. The highest BCUT2D eigenvalue weighted by Gasteiger charge is 2.25. The zero-order valence-corrected chi connectivity index (χ0v) is 21.3. The summed E-state index contributed by atoms with van der Waals surface area (Å²) in [6, 6.07) is 13.4. The van der Waals surface area contributed by atoms with Gasteiger partial charge in [0, 0.05) is 6.54 Å². The third kappa shape index (κ3) is 5.16. The Morgan fingerprint density at radius 2 is 1.81 bits per heavy atom. The van der Waals surface area contributed by atoms with Crippen LogP contribution in [-0.4, -0.2) is 74.1 Å². The van der Waals surface area contributed by atoms with Crippen molar-refractivity contribution >= 4 is 33.9 Å². The molecule has 10 heteroatoms. The topological polar surface area (TPSA) is 118 Å². The van der Waals surface area contributed by atoms with Crippen LogP contribution in [0.4, 0.5) is 5.82 Å². The maximum absolute atomic E-state index is 13.4. The number of carbonyl (C=O) groups excluding carboxylic acids is 1. The predicted molar refractivity (Wildman–Crippen MR) is 141 cm³/mol. The minimum atomic E-state index is -0.259. The molecule has 3 heterocycles. The third-order valence-corrected chi connectivity index (χ3v) is 6.85. The first-order valence-electron chi connectivity index (χ1n) is 12.5. The number of fused-ring (bicyclic) bond motifs is 2. The fraction of sp³-hybridized carbons (Fsp3) is 0.370. The van der Waals surface area contributed by atoms with Crippen molar-refractivity contribution in [2.24, 2.45) is 0 Å². The number of morpholine rings is 1. The predicted octanol–water partition coefficient (Wildman–Crippen LogP) is 1.07. The molecule has 5 rings (SSSR count). The van der Waals surface area contributed by atoms with Gasteiger partial charge in [0.2, 0.25) is 0 Å². The van der Waals surface area contributed by atoms with Crippen LogP contribution >= 0.6 is 0 Å². The molecule has 0 radical (unpaired) electrons. The van der Waals surface area contributed by atoms with E-state index in [2.05, 4.69) is 5.32 Å². The molecule has 1 amide bonds. The number of quaternary nitrogens is 1. The number of aromatic nitrogens is 3. The monoisotopic (exact) mass is 505 g/mol. The van der Waals surface area contributed by atoms with E-state index in [0.717, 1.165) is 49.4 Å². The molecule has 0 aliphatic carbocycles. The highest BCUT2D eigenvalue weighted by molar-refractivity contribution is 6.10. The van der Waals surface area contributed by atoms with E-state index in [4.69, 9.17) is 29.9 Å². The molecule has 1 fully saturated rings. The van der Waals surface area contributed by atoms with Crippen LogP contribution in [0.3, 0.4) is 0 Å². The zero-order chi connectivity index (χ0) is 25.8. The zero-order valence-electron chi connectivity index (χ0n) is 21.3. The Morgan fingerprint density at radius 1 is 1.08 bits per heavy atom. The van der Waals surface area contributed by atoms with Crippen molar-refractivity contribution in [3.8, 4) is 11.5 Å². The number of benzene rings is 2. The number of nitrogen functional groups attached to an aromatic ring is 1. The molecule has 1 saturated heterocycles. The van der Waals surface area contributed by atoms with Crippen molar-refractivity contribution in [1.82, 2.24) is 19.9 Å². The van der Waals surface area contributed by atoms with Gasteiger partial charge in [-0.15, -0.1) is 0 Å². The molecular formula is C27H33N6O4+. The Hall–Kier alpha value is -3.89. The van der Waals surface area contributed by atoms with Crippen molar-refractivity contribution in [1.29, 1.82) is 0 Å². The van der Waals surface area contributed by atoms with Gasteiger partial charge in [0.25, 0.3) is 5.91 Å². The highest BCUT2D eigenvalue weighted by Crippen LogP contribution is 2.29. The molecule has 0 unspecified atom stereocenters. The maximum Gasteiger partial charge on any atom is 0.257 e. The molecule has 194 valence electrons. The molecular weight excluding hydrogens is 472 g/mol. The van der Waals surface area contributed by atoms with E-state index in [1.807, 2.05) is 47.0 Å². The Balaban J connectivity index is 1.39. The largest absolute Gasteiger partial charge is 0.493 e. The van der Waals surface area contributed by atoms with Crippen LogP contribution in [0.2, 0.25) is 0 Å². The standard InChI is InChI=1S/C27H32N6O4/c1-35-21-8-7-18(17-22(21)36-2)9-10-29-27(34)23-24-26(31-20-6-4-3-5-19(20)30-24)33(25(23)28)12-11-32-13-15-37-16-14-32/h3-8,17H,9-16,28H2,1-2H3,(H,29,34)/p+1. The molecule has 4 aromatic rings. The van der Waals surface area contributed by atoms with Crippen molar-refractivity contribution in [2.45, 2.75) is 13.0 Å². The molecule has 0 bridgehead atoms. The fourth-order valence-electron chi connectivity index (χ4n) is 4.79. The van der Waals surface area contributed by atoms with Crippen LogP contribution in [0, 0.1) is 0 Å². The first kappa shape index (κ1) is 24.8. The molecule has 0 atom stereocenters. The summed E-state index contributed by atoms with van der Waals surface area (Å²) in [5.41, 5.74) is 10.7. The Kier molecular flexibility index (Phi) is 7.38. The molecule has 2 aromatic heterocycles. The van der Waals surface area contributed by atoms with Crippen LogP contribution in [0.15, 0.2) is 42.5 Å². The Labute approximate surface area is 215 Å². The van der Waals surface area contributed by atoms with E-state index in [1.54, 1.807) is 14.2 Å². The second kappa shape index (κ2) is 11.0. The van der Waals surface area contributed by atoms with Gasteiger partial charge < -0.3 is 34.7 Å². The van der Waals surface area contributed by atoms with Crippen LogP contribution < -0.4 is 25.4 Å². The van der Waals surface area contributed by atoms with Gasteiger partial charge in [-0.25, -0.2) is 9.97 Å². The number of carbonyl (C=O) groups is 1. The second-order valence-corrected chi connectivity index (χ2v) is 9.10. The lowest BCUT2D eigenvalue weighted by Crippen LogP contribution is -3.14. The second-order valence-electron chi connectivity index (χ2n) is 9.10. The molecule has 0 spiro atoms. The molecule has 1 aliphatic rings. The quantitative estimate of drug-likeness (QED) is 0.311. The summed E-state index contributed by atoms with van der Waals surface area (Å²) >= 11 is 0. The van der Waals surface area contributed by atoms with Crippen LogP contribution in [0.5, 0.6) is 11.5 Å². The first-order valence-corrected chi connectivity index (χ1v) is 12.5. The number of ether oxygens (including phenoxy) is 3. The van der Waals surface area contributed by atoms with E-state index < -0.39 is 0 Å². The lowest BCUT2D eigenvalue weighted by molar-refractivity contribution is -0.908. The normalized spacial score (nSPS) is 14.2. The van der Waals surface area contributed by atoms with E-state index in [0.29, 0.717) is 53.6 Å². The number of anilines is 1. The number of hydrogen-bond acceptors (Lipinski definition) is 7. The summed E-state index contributed by atoms with van der Waals surface area (Å²) in [7, 11) is 3.21. The summed E-state index contributed by atoms with van der Waals surface area (Å²) < 4.78 is 18.1. The SMILES string of the molecule is COc1ccc(CCNC(=O)c2c(N)n(CC[NH+]3CCOCC3)c3nc4ccccc4nc23)cc1OC. The average Bonchev–Trinajstić information content (AvgIpc) is 3.20. The minimum Gasteiger partial charge on any atom is -0.493 e. The van der Waals surface area contributed by atoms with Gasteiger partial charge in [0.15, 0.2) is 17.1 Å². The molecule has 4 N–H and O–H groups in total. The number of methoxy groups -OCH3 is 2. The highest BCUT2D eigenvalue weighted by atomic mass is 16.5. The molecule has 0 saturated carbocycles. The van der Waals surface area contributed by atoms with Crippen molar-refractivity contribution in [3.05, 3.63) is 53.6 Å². The summed E-state index contributed by atoms with van der Waals surface area (Å²) in [5, 5.41) is 3.02. The summed E-state index contributed by atoms with van der Waals surface area (Å²) in [6.07, 6.45) is 0.625. The first-order chi connectivity index (χ1) is 18.1. The van der Waals surface area contributed by atoms with Crippen molar-refractivity contribution in [2.75, 3.05) is 59.3 Å². The Bertz CT molecular complexity index is 1410. The fourth-order valence-corrected chi connectivity index (χ4v) is 4.79. The molecule has 1 aliphatic heterocycles. The van der Waals surface area contributed by atoms with Crippen LogP contribution in [0.25, 0.3) is 22.2 Å². The average molecular weight is 506 g/mol. The number of hydrogen-bond donors (Lipinski definition) is 3. The van der Waals surface area contributed by atoms with Crippen molar-refractivity contribution in [3.63, 3.8) is 0 Å². The van der Waals surface area contributed by atoms with E-state index in [9.17, 15) is 4.79 Å². The molecule has 37 heavy (non-hydrogen) atoms. The number of nitrogens with zero attached hydrogens (tertiary/aromatic N) is 3. The third-order valence-electron chi connectivity index (χ3n) is 6.85. The summed E-state index contributed by atoms with van der Waals surface area (Å²) in [4.78, 5) is 24.5. The van der Waals surface area contributed by atoms with E-state index >= 15 is 0 Å². The van der Waals surface area contributed by atoms with Crippen molar-refractivity contribution < 1.29 is 23.9 Å². The number of nitrogens with one attached hydrogen (secondary N) is 2. The smallest absolute Gasteiger partial charge is 0.257 e. The lowest BCUT2D eigenvalue weighted by atomic mass is 10.1. The summed E-state index contributed by atoms with van der Waals surface area (Å²) in [5.74, 6) is 1.45. The molecule has 2 aromatic carbocycles. The number of rotatable bonds is 9. The molecule has 10 nitrogen and oxygen atoms in total. The van der Waals surface area contributed by atoms with Crippen LogP contribution in [0.1, 0.15) is 15.9 Å².